The zero-order valence-electron chi connectivity index (χ0n) is 21.9. The van der Waals surface area contributed by atoms with Crippen LogP contribution in [0.5, 0.6) is 17.2 Å². The van der Waals surface area contributed by atoms with Crippen LogP contribution in [0.3, 0.4) is 0 Å². The third-order valence-corrected chi connectivity index (χ3v) is 9.34. The number of fused-ring (bicyclic) bond motifs is 2. The lowest BCUT2D eigenvalue weighted by Crippen LogP contribution is -2.21. The van der Waals surface area contributed by atoms with E-state index in [1.54, 1.807) is 54.6 Å². The monoisotopic (exact) mass is 666 g/mol. The number of hydrogen-bond donors (Lipinski definition) is 1. The van der Waals surface area contributed by atoms with E-state index in [0.29, 0.717) is 37.5 Å². The van der Waals surface area contributed by atoms with Crippen molar-refractivity contribution in [1.29, 1.82) is 5.26 Å². The van der Waals surface area contributed by atoms with Crippen molar-refractivity contribution in [1.82, 2.24) is 0 Å². The lowest BCUT2D eigenvalue weighted by Gasteiger charge is -2.26. The molecule has 0 aliphatic carbocycles. The number of nitrogens with zero attached hydrogens (tertiary/aromatic N) is 1. The predicted octanol–water partition coefficient (Wildman–Crippen LogP) is 9.53. The highest BCUT2D eigenvalue weighted by atomic mass is 35.5. The van der Waals surface area contributed by atoms with E-state index < -0.39 is 11.9 Å². The maximum absolute atomic E-state index is 13.1. The smallest absolute Gasteiger partial charge is 0.355 e. The standard InChI is InChI=1S/C32H18Cl4N2O4S/c33-18-7-4-17(24(35)12-18)15-40-19-8-5-16(6-9-19)27-21-11-10-20(13-25(21)42-31(38)22(27)14-37)41-32(39)30-29(36)28-23(34)2-1-3-26(28)43-30/h1-13,27H,15,38H2. The molecular weight excluding hydrogens is 650 g/mol. The Hall–Kier alpha value is -3.90. The maximum atomic E-state index is 13.1. The van der Waals surface area contributed by atoms with Crippen LogP contribution in [0.1, 0.15) is 32.3 Å². The van der Waals surface area contributed by atoms with Crippen molar-refractivity contribution in [3.63, 3.8) is 0 Å². The van der Waals surface area contributed by atoms with Gasteiger partial charge in [0.25, 0.3) is 0 Å². The van der Waals surface area contributed by atoms with Crippen LogP contribution in [-0.4, -0.2) is 5.97 Å². The first-order valence-electron chi connectivity index (χ1n) is 12.7. The zero-order valence-corrected chi connectivity index (χ0v) is 25.7. The molecule has 0 spiro atoms. The van der Waals surface area contributed by atoms with Gasteiger partial charge in [-0.3, -0.25) is 0 Å². The molecule has 2 N–H and O–H groups in total. The number of hydrogen-bond acceptors (Lipinski definition) is 7. The Bertz CT molecular complexity index is 1980. The van der Waals surface area contributed by atoms with Crippen molar-refractivity contribution < 1.29 is 19.0 Å². The van der Waals surface area contributed by atoms with Crippen molar-refractivity contribution in [3.05, 3.63) is 132 Å². The third kappa shape index (κ3) is 5.73. The quantitative estimate of drug-likeness (QED) is 0.143. The highest BCUT2D eigenvalue weighted by Crippen LogP contribution is 2.44. The Kier molecular flexibility index (Phi) is 8.15. The van der Waals surface area contributed by atoms with Crippen LogP contribution in [0.2, 0.25) is 20.1 Å². The van der Waals surface area contributed by atoms with Crippen LogP contribution in [0.25, 0.3) is 10.1 Å². The third-order valence-electron chi connectivity index (χ3n) is 6.82. The largest absolute Gasteiger partial charge is 0.489 e. The van der Waals surface area contributed by atoms with E-state index >= 15 is 0 Å². The second-order valence-corrected chi connectivity index (χ2v) is 12.1. The SMILES string of the molecule is N#CC1=C(N)Oc2cc(OC(=O)c3sc4cccc(Cl)c4c3Cl)ccc2C1c1ccc(OCc2ccc(Cl)cc2Cl)cc1. The molecule has 2 heterocycles. The summed E-state index contributed by atoms with van der Waals surface area (Å²) < 4.78 is 18.1. The van der Waals surface area contributed by atoms with Crippen molar-refractivity contribution in [2.75, 3.05) is 0 Å². The van der Waals surface area contributed by atoms with Crippen LogP contribution >= 0.6 is 57.7 Å². The van der Waals surface area contributed by atoms with Gasteiger partial charge in [0.1, 0.15) is 40.4 Å². The van der Waals surface area contributed by atoms with Gasteiger partial charge in [0.2, 0.25) is 5.88 Å². The summed E-state index contributed by atoms with van der Waals surface area (Å²) in [6.45, 7) is 0.257. The van der Waals surface area contributed by atoms with Gasteiger partial charge in [0, 0.05) is 37.3 Å². The van der Waals surface area contributed by atoms with Crippen LogP contribution in [0.4, 0.5) is 0 Å². The van der Waals surface area contributed by atoms with Crippen LogP contribution < -0.4 is 19.9 Å². The Morgan fingerprint density at radius 1 is 0.953 bits per heavy atom. The first kappa shape index (κ1) is 29.2. The van der Waals surface area contributed by atoms with Gasteiger partial charge in [-0.2, -0.15) is 5.26 Å². The number of esters is 1. The molecule has 0 saturated heterocycles. The van der Waals surface area contributed by atoms with E-state index in [1.165, 1.54) is 11.3 Å². The number of thiophene rings is 1. The molecule has 4 aromatic carbocycles. The van der Waals surface area contributed by atoms with Gasteiger partial charge in [0.05, 0.1) is 16.0 Å². The summed E-state index contributed by atoms with van der Waals surface area (Å²) >= 11 is 26.2. The van der Waals surface area contributed by atoms with Crippen molar-refractivity contribution in [3.8, 4) is 23.3 Å². The van der Waals surface area contributed by atoms with Gasteiger partial charge >= 0.3 is 5.97 Å². The molecule has 5 aromatic rings. The lowest BCUT2D eigenvalue weighted by atomic mass is 9.83. The fraction of sp³-hybridized carbons (Fsp3) is 0.0625. The number of nitrogens with two attached hydrogens (primary N) is 1. The van der Waals surface area contributed by atoms with E-state index in [1.807, 2.05) is 24.3 Å². The average molecular weight is 668 g/mol. The summed E-state index contributed by atoms with van der Waals surface area (Å²) in [5.74, 6) is 0.00276. The number of ether oxygens (including phenoxy) is 3. The Balaban J connectivity index is 1.24. The molecule has 0 amide bonds. The summed E-state index contributed by atoms with van der Waals surface area (Å²) in [7, 11) is 0. The Morgan fingerprint density at radius 3 is 2.44 bits per heavy atom. The van der Waals surface area contributed by atoms with E-state index in [0.717, 1.165) is 15.8 Å². The molecule has 0 saturated carbocycles. The zero-order chi connectivity index (χ0) is 30.2. The summed E-state index contributed by atoms with van der Waals surface area (Å²) in [4.78, 5) is 13.3. The van der Waals surface area contributed by atoms with Crippen molar-refractivity contribution in [2.45, 2.75) is 12.5 Å². The number of benzene rings is 4. The fourth-order valence-corrected chi connectivity index (χ4v) is 7.04. The van der Waals surface area contributed by atoms with Crippen molar-refractivity contribution in [2.24, 2.45) is 5.73 Å². The summed E-state index contributed by atoms with van der Waals surface area (Å²) in [5, 5.41) is 12.3. The number of halogens is 4. The van der Waals surface area contributed by atoms with Gasteiger partial charge in [-0.05, 0) is 48.0 Å². The molecule has 214 valence electrons. The topological polar surface area (TPSA) is 94.6 Å². The lowest BCUT2D eigenvalue weighted by molar-refractivity contribution is 0.0740. The highest BCUT2D eigenvalue weighted by Gasteiger charge is 2.31. The van der Waals surface area contributed by atoms with E-state index in [2.05, 4.69) is 6.07 Å². The van der Waals surface area contributed by atoms with E-state index in [9.17, 15) is 10.1 Å². The number of rotatable bonds is 6. The molecule has 11 heteroatoms. The van der Waals surface area contributed by atoms with Crippen LogP contribution in [-0.2, 0) is 6.61 Å². The van der Waals surface area contributed by atoms with Gasteiger partial charge in [-0.25, -0.2) is 4.79 Å². The molecule has 6 rings (SSSR count). The Morgan fingerprint density at radius 2 is 1.72 bits per heavy atom. The van der Waals surface area contributed by atoms with Gasteiger partial charge in [0.15, 0.2) is 0 Å². The molecule has 1 aliphatic rings. The first-order chi connectivity index (χ1) is 20.7. The van der Waals surface area contributed by atoms with Gasteiger partial charge < -0.3 is 19.9 Å². The molecule has 43 heavy (non-hydrogen) atoms. The van der Waals surface area contributed by atoms with E-state index in [4.69, 9.17) is 66.3 Å². The Labute approximate surface area is 270 Å². The minimum Gasteiger partial charge on any atom is -0.489 e. The molecule has 0 radical (unpaired) electrons. The molecule has 1 atom stereocenters. The second-order valence-electron chi connectivity index (χ2n) is 9.47. The fourth-order valence-electron chi connectivity index (χ4n) is 4.75. The number of carbonyl (C=O) groups excluding carboxylic acids is 1. The molecule has 6 nitrogen and oxygen atoms in total. The predicted molar refractivity (Wildman–Crippen MR) is 170 cm³/mol. The first-order valence-corrected chi connectivity index (χ1v) is 15.0. The minimum absolute atomic E-state index is 0.0385. The highest BCUT2D eigenvalue weighted by molar-refractivity contribution is 7.21. The maximum Gasteiger partial charge on any atom is 0.355 e. The summed E-state index contributed by atoms with van der Waals surface area (Å²) in [6, 6.07) is 25.0. The minimum atomic E-state index is -0.633. The number of allylic oxidation sites excluding steroid dienone is 1. The molecule has 0 bridgehead atoms. The molecule has 0 fully saturated rings. The second kappa shape index (κ2) is 12.0. The molecule has 1 aromatic heterocycles. The van der Waals surface area contributed by atoms with E-state index in [-0.39, 0.29) is 33.7 Å². The van der Waals surface area contributed by atoms with Gasteiger partial charge in [-0.1, -0.05) is 76.7 Å². The summed E-state index contributed by atoms with van der Waals surface area (Å²) in [6.07, 6.45) is 0. The van der Waals surface area contributed by atoms with Gasteiger partial charge in [-0.15, -0.1) is 11.3 Å². The van der Waals surface area contributed by atoms with Crippen molar-refractivity contribution >= 4 is 73.8 Å². The van der Waals surface area contributed by atoms with Crippen LogP contribution in [0.15, 0.2) is 90.3 Å². The average Bonchev–Trinajstić information content (AvgIpc) is 3.33. The molecule has 1 unspecified atom stereocenters. The number of carbonyl (C=O) groups is 1. The molecule has 1 aliphatic heterocycles. The van der Waals surface area contributed by atoms with Crippen LogP contribution in [0, 0.1) is 11.3 Å². The number of nitriles is 1. The summed E-state index contributed by atoms with van der Waals surface area (Å²) in [5.41, 5.74) is 8.70. The normalized spacial score (nSPS) is 14.2. The molecular formula is C32H18Cl4N2O4S.